The van der Waals surface area contributed by atoms with E-state index in [1.165, 1.54) is 10.8 Å². The molecule has 2 heterocycles. The largest absolute Gasteiger partial charge is 0.444 e. The van der Waals surface area contributed by atoms with E-state index in [-0.39, 0.29) is 12.1 Å². The molecule has 1 saturated heterocycles. The molecule has 6 nitrogen and oxygen atoms in total. The SMILES string of the molecule is CC(C)(C)OC(=O)N1CCC(Nc2ncc(-c3ccc4ccccc4c3)cc2N)CC1. The van der Waals surface area contributed by atoms with Gasteiger partial charge in [-0.05, 0) is 62.1 Å². The second-order valence-electron chi connectivity index (χ2n) is 9.11. The molecular formula is C25H30N4O2. The van der Waals surface area contributed by atoms with Crippen LogP contribution in [0.1, 0.15) is 33.6 Å². The predicted molar refractivity (Wildman–Crippen MR) is 126 cm³/mol. The Morgan fingerprint density at radius 1 is 1.06 bits per heavy atom. The average Bonchev–Trinajstić information content (AvgIpc) is 2.74. The van der Waals surface area contributed by atoms with Crippen molar-refractivity contribution in [2.45, 2.75) is 45.3 Å². The van der Waals surface area contributed by atoms with Crippen LogP contribution in [0.5, 0.6) is 0 Å². The minimum absolute atomic E-state index is 0.222. The van der Waals surface area contributed by atoms with Gasteiger partial charge in [0.15, 0.2) is 0 Å². The highest BCUT2D eigenvalue weighted by molar-refractivity contribution is 5.87. The van der Waals surface area contributed by atoms with E-state index in [2.05, 4.69) is 40.6 Å². The number of hydrogen-bond donors (Lipinski definition) is 2. The number of nitrogens with one attached hydrogen (secondary N) is 1. The number of carbonyl (C=O) groups is 1. The van der Waals surface area contributed by atoms with Gasteiger partial charge in [0, 0.05) is 30.9 Å². The first-order valence-electron chi connectivity index (χ1n) is 10.8. The van der Waals surface area contributed by atoms with Crippen LogP contribution in [0.4, 0.5) is 16.3 Å². The number of nitrogens with zero attached hydrogens (tertiary/aromatic N) is 2. The zero-order chi connectivity index (χ0) is 22.0. The van der Waals surface area contributed by atoms with E-state index in [0.29, 0.717) is 24.6 Å². The van der Waals surface area contributed by atoms with Crippen molar-refractivity contribution in [1.82, 2.24) is 9.88 Å². The van der Waals surface area contributed by atoms with E-state index in [1.807, 2.05) is 45.2 Å². The van der Waals surface area contributed by atoms with Crippen LogP contribution >= 0.6 is 0 Å². The van der Waals surface area contributed by atoms with Crippen molar-refractivity contribution in [1.29, 1.82) is 0 Å². The number of nitrogens with two attached hydrogens (primary N) is 1. The number of benzene rings is 2. The molecule has 31 heavy (non-hydrogen) atoms. The Kier molecular flexibility index (Phi) is 5.72. The van der Waals surface area contributed by atoms with Crippen molar-refractivity contribution in [3.05, 3.63) is 54.7 Å². The summed E-state index contributed by atoms with van der Waals surface area (Å²) in [6.45, 7) is 6.96. The van der Waals surface area contributed by atoms with Gasteiger partial charge in [0.25, 0.3) is 0 Å². The average molecular weight is 419 g/mol. The summed E-state index contributed by atoms with van der Waals surface area (Å²) in [4.78, 5) is 18.6. The maximum Gasteiger partial charge on any atom is 0.410 e. The first-order chi connectivity index (χ1) is 14.8. The van der Waals surface area contributed by atoms with Crippen LogP contribution in [-0.2, 0) is 4.74 Å². The van der Waals surface area contributed by atoms with Crippen LogP contribution in [0, 0.1) is 0 Å². The fourth-order valence-electron chi connectivity index (χ4n) is 3.86. The van der Waals surface area contributed by atoms with Gasteiger partial charge in [-0.3, -0.25) is 0 Å². The number of ether oxygens (including phenoxy) is 1. The van der Waals surface area contributed by atoms with Crippen LogP contribution < -0.4 is 11.1 Å². The number of pyridine rings is 1. The van der Waals surface area contributed by atoms with Crippen molar-refractivity contribution >= 4 is 28.4 Å². The zero-order valence-electron chi connectivity index (χ0n) is 18.4. The van der Waals surface area contributed by atoms with Gasteiger partial charge in [-0.1, -0.05) is 36.4 Å². The fourth-order valence-corrected chi connectivity index (χ4v) is 3.86. The molecule has 4 rings (SSSR count). The van der Waals surface area contributed by atoms with Gasteiger partial charge in [0.05, 0.1) is 5.69 Å². The van der Waals surface area contributed by atoms with Crippen molar-refractivity contribution in [2.75, 3.05) is 24.1 Å². The summed E-state index contributed by atoms with van der Waals surface area (Å²) in [5.41, 5.74) is 8.56. The molecule has 0 bridgehead atoms. The summed E-state index contributed by atoms with van der Waals surface area (Å²) in [5.74, 6) is 0.695. The van der Waals surface area contributed by atoms with Gasteiger partial charge >= 0.3 is 6.09 Å². The topological polar surface area (TPSA) is 80.5 Å². The van der Waals surface area contributed by atoms with Gasteiger partial charge in [0.2, 0.25) is 0 Å². The molecular weight excluding hydrogens is 388 g/mol. The summed E-state index contributed by atoms with van der Waals surface area (Å²) < 4.78 is 5.47. The van der Waals surface area contributed by atoms with Gasteiger partial charge in [-0.25, -0.2) is 9.78 Å². The molecule has 1 aliphatic rings. The molecule has 1 aromatic heterocycles. The highest BCUT2D eigenvalue weighted by Crippen LogP contribution is 2.28. The van der Waals surface area contributed by atoms with Crippen molar-refractivity contribution in [3.8, 4) is 11.1 Å². The smallest absolute Gasteiger partial charge is 0.410 e. The second-order valence-corrected chi connectivity index (χ2v) is 9.11. The maximum absolute atomic E-state index is 12.2. The lowest BCUT2D eigenvalue weighted by atomic mass is 10.0. The second kappa shape index (κ2) is 8.46. The molecule has 1 amide bonds. The maximum atomic E-state index is 12.2. The molecule has 0 unspecified atom stereocenters. The number of fused-ring (bicyclic) bond motifs is 1. The molecule has 1 fully saturated rings. The third-order valence-corrected chi connectivity index (χ3v) is 5.49. The first-order valence-corrected chi connectivity index (χ1v) is 10.8. The van der Waals surface area contributed by atoms with E-state index in [4.69, 9.17) is 10.5 Å². The summed E-state index contributed by atoms with van der Waals surface area (Å²) in [5, 5.41) is 5.85. The minimum Gasteiger partial charge on any atom is -0.444 e. The number of likely N-dealkylation sites (tertiary alicyclic amines) is 1. The fraction of sp³-hybridized carbons (Fsp3) is 0.360. The standard InChI is InChI=1S/C25H30N4O2/c1-25(2,3)31-24(30)29-12-10-21(11-13-29)28-23-22(26)15-20(16-27-23)19-9-8-17-6-4-5-7-18(17)14-19/h4-9,14-16,21H,10-13,26H2,1-3H3,(H,27,28). The van der Waals surface area contributed by atoms with Crippen LogP contribution in [0.15, 0.2) is 54.7 Å². The molecule has 1 aliphatic heterocycles. The van der Waals surface area contributed by atoms with Crippen LogP contribution in [0.3, 0.4) is 0 Å². The van der Waals surface area contributed by atoms with Crippen LogP contribution in [0.2, 0.25) is 0 Å². The lowest BCUT2D eigenvalue weighted by Crippen LogP contribution is -2.44. The molecule has 0 aliphatic carbocycles. The molecule has 2 aromatic carbocycles. The van der Waals surface area contributed by atoms with Crippen molar-refractivity contribution in [3.63, 3.8) is 0 Å². The Bertz CT molecular complexity index is 1080. The summed E-state index contributed by atoms with van der Waals surface area (Å²) in [7, 11) is 0. The molecule has 6 heteroatoms. The number of piperidine rings is 1. The Balaban J connectivity index is 1.39. The first kappa shape index (κ1) is 21.0. The van der Waals surface area contributed by atoms with Gasteiger partial charge in [-0.2, -0.15) is 0 Å². The zero-order valence-corrected chi connectivity index (χ0v) is 18.4. The molecule has 0 radical (unpaired) electrons. The number of nitrogen functional groups attached to an aromatic ring is 1. The number of carbonyl (C=O) groups excluding carboxylic acids is 1. The predicted octanol–water partition coefficient (Wildman–Crippen LogP) is 5.30. The lowest BCUT2D eigenvalue weighted by molar-refractivity contribution is 0.0210. The molecule has 3 aromatic rings. The number of amides is 1. The highest BCUT2D eigenvalue weighted by Gasteiger charge is 2.27. The highest BCUT2D eigenvalue weighted by atomic mass is 16.6. The third kappa shape index (κ3) is 5.08. The monoisotopic (exact) mass is 418 g/mol. The molecule has 0 saturated carbocycles. The quantitative estimate of drug-likeness (QED) is 0.604. The Hall–Kier alpha value is -3.28. The van der Waals surface area contributed by atoms with E-state index < -0.39 is 5.60 Å². The van der Waals surface area contributed by atoms with Crippen molar-refractivity contribution < 1.29 is 9.53 Å². The minimum atomic E-state index is -0.475. The van der Waals surface area contributed by atoms with Crippen molar-refractivity contribution in [2.24, 2.45) is 0 Å². The summed E-state index contributed by atoms with van der Waals surface area (Å²) >= 11 is 0. The lowest BCUT2D eigenvalue weighted by Gasteiger charge is -2.34. The van der Waals surface area contributed by atoms with Gasteiger partial charge in [-0.15, -0.1) is 0 Å². The summed E-state index contributed by atoms with van der Waals surface area (Å²) in [6, 6.07) is 16.9. The van der Waals surface area contributed by atoms with Gasteiger partial charge < -0.3 is 20.7 Å². The number of anilines is 2. The Labute approximate surface area is 183 Å². The van der Waals surface area contributed by atoms with E-state index in [0.717, 1.165) is 24.0 Å². The van der Waals surface area contributed by atoms with Crippen LogP contribution in [-0.4, -0.2) is 40.7 Å². The Morgan fingerprint density at radius 3 is 2.45 bits per heavy atom. The van der Waals surface area contributed by atoms with Gasteiger partial charge in [0.1, 0.15) is 11.4 Å². The Morgan fingerprint density at radius 2 is 1.77 bits per heavy atom. The summed E-state index contributed by atoms with van der Waals surface area (Å²) in [6.07, 6.45) is 3.27. The van der Waals surface area contributed by atoms with Crippen LogP contribution in [0.25, 0.3) is 21.9 Å². The number of aromatic nitrogens is 1. The third-order valence-electron chi connectivity index (χ3n) is 5.49. The number of hydrogen-bond acceptors (Lipinski definition) is 5. The molecule has 0 atom stereocenters. The molecule has 162 valence electrons. The normalized spacial score (nSPS) is 15.1. The molecule has 3 N–H and O–H groups in total. The van der Waals surface area contributed by atoms with E-state index in [9.17, 15) is 4.79 Å². The van der Waals surface area contributed by atoms with E-state index in [1.54, 1.807) is 4.90 Å². The number of rotatable bonds is 3. The van der Waals surface area contributed by atoms with E-state index >= 15 is 0 Å². The molecule has 0 spiro atoms.